The lowest BCUT2D eigenvalue weighted by molar-refractivity contribution is 0.112. The number of rotatable bonds is 4. The number of carbonyl (C=O) groups excluding carboxylic acids is 1. The van der Waals surface area contributed by atoms with Gasteiger partial charge in [-0.05, 0) is 18.2 Å². The van der Waals surface area contributed by atoms with Crippen molar-refractivity contribution in [1.82, 2.24) is 10.2 Å². The molecule has 0 saturated heterocycles. The molecule has 0 unspecified atom stereocenters. The minimum Gasteiger partial charge on any atom is -0.496 e. The van der Waals surface area contributed by atoms with Crippen molar-refractivity contribution in [3.8, 4) is 23.3 Å². The number of ether oxygens (including phenoxy) is 2. The molecule has 6 heteroatoms. The molecule has 6 nitrogen and oxygen atoms in total. The summed E-state index contributed by atoms with van der Waals surface area (Å²) in [7, 11) is 2.93. The number of benzene rings is 1. The van der Waals surface area contributed by atoms with Crippen molar-refractivity contribution in [3.63, 3.8) is 0 Å². The third kappa shape index (κ3) is 2.10. The van der Waals surface area contributed by atoms with Crippen molar-refractivity contribution in [2.45, 2.75) is 0 Å². The summed E-state index contributed by atoms with van der Waals surface area (Å²) in [6.45, 7) is 0. The first-order valence-electron chi connectivity index (χ1n) is 4.79. The SMILES string of the molecule is COc1nnc(-c2ccc(OC)c(C=O)c2)o1. The molecule has 1 aromatic carbocycles. The molecule has 0 aliphatic heterocycles. The largest absolute Gasteiger partial charge is 0.496 e. The van der Waals surface area contributed by atoms with Gasteiger partial charge < -0.3 is 13.9 Å². The maximum absolute atomic E-state index is 10.9. The van der Waals surface area contributed by atoms with Crippen LogP contribution in [0.4, 0.5) is 0 Å². The monoisotopic (exact) mass is 234 g/mol. The topological polar surface area (TPSA) is 74.5 Å². The zero-order chi connectivity index (χ0) is 12.3. The van der Waals surface area contributed by atoms with Gasteiger partial charge in [-0.2, -0.15) is 0 Å². The van der Waals surface area contributed by atoms with Crippen molar-refractivity contribution < 1.29 is 18.7 Å². The first kappa shape index (κ1) is 11.1. The zero-order valence-corrected chi connectivity index (χ0v) is 9.34. The molecule has 0 saturated carbocycles. The second-order valence-corrected chi connectivity index (χ2v) is 3.15. The molecule has 2 aromatic rings. The van der Waals surface area contributed by atoms with Crippen molar-refractivity contribution in [1.29, 1.82) is 0 Å². The van der Waals surface area contributed by atoms with E-state index in [0.717, 1.165) is 0 Å². The highest BCUT2D eigenvalue weighted by Crippen LogP contribution is 2.25. The van der Waals surface area contributed by atoms with Crippen molar-refractivity contribution >= 4 is 6.29 Å². The predicted octanol–water partition coefficient (Wildman–Crippen LogP) is 1.57. The summed E-state index contributed by atoms with van der Waals surface area (Å²) in [6, 6.07) is 4.99. The van der Waals surface area contributed by atoms with Gasteiger partial charge in [-0.25, -0.2) is 0 Å². The van der Waals surface area contributed by atoms with Crippen LogP contribution >= 0.6 is 0 Å². The summed E-state index contributed by atoms with van der Waals surface area (Å²) in [6.07, 6.45) is 0.777. The molecule has 1 heterocycles. The van der Waals surface area contributed by atoms with Crippen LogP contribution in [0.5, 0.6) is 11.8 Å². The number of nitrogens with zero attached hydrogens (tertiary/aromatic N) is 2. The Morgan fingerprint density at radius 3 is 2.65 bits per heavy atom. The van der Waals surface area contributed by atoms with Crippen LogP contribution in [-0.2, 0) is 0 Å². The second kappa shape index (κ2) is 4.65. The minimum absolute atomic E-state index is 0.0727. The van der Waals surface area contributed by atoms with E-state index in [2.05, 4.69) is 10.2 Å². The fourth-order valence-electron chi connectivity index (χ4n) is 1.37. The molecule has 2 rings (SSSR count). The van der Waals surface area contributed by atoms with Crippen LogP contribution in [0.25, 0.3) is 11.5 Å². The number of aromatic nitrogens is 2. The molecule has 0 N–H and O–H groups in total. The average Bonchev–Trinajstić information content (AvgIpc) is 2.86. The molecule has 0 aliphatic carbocycles. The summed E-state index contributed by atoms with van der Waals surface area (Å²) < 4.78 is 15.0. The predicted molar refractivity (Wildman–Crippen MR) is 58.2 cm³/mol. The molecule has 0 radical (unpaired) electrons. The van der Waals surface area contributed by atoms with Gasteiger partial charge in [0.25, 0.3) is 5.89 Å². The van der Waals surface area contributed by atoms with E-state index in [-0.39, 0.29) is 12.0 Å². The van der Waals surface area contributed by atoms with Crippen molar-refractivity contribution in [2.24, 2.45) is 0 Å². The van der Waals surface area contributed by atoms with E-state index in [4.69, 9.17) is 13.9 Å². The Morgan fingerprint density at radius 1 is 1.24 bits per heavy atom. The molecule has 1 aromatic heterocycles. The van der Waals surface area contributed by atoms with Gasteiger partial charge in [0.2, 0.25) is 0 Å². The summed E-state index contributed by atoms with van der Waals surface area (Å²) in [4.78, 5) is 10.9. The molecule has 0 bridgehead atoms. The molecule has 0 spiro atoms. The van der Waals surface area contributed by atoms with Gasteiger partial charge in [0, 0.05) is 5.56 Å². The molecule has 0 amide bonds. The van der Waals surface area contributed by atoms with Gasteiger partial charge >= 0.3 is 6.08 Å². The molecule has 17 heavy (non-hydrogen) atoms. The van der Waals surface area contributed by atoms with E-state index in [9.17, 15) is 4.79 Å². The van der Waals surface area contributed by atoms with Crippen LogP contribution in [0.1, 0.15) is 10.4 Å². The normalized spacial score (nSPS) is 10.0. The average molecular weight is 234 g/mol. The Hall–Kier alpha value is -2.37. The van der Waals surface area contributed by atoms with Gasteiger partial charge in [-0.15, -0.1) is 5.10 Å². The van der Waals surface area contributed by atoms with Crippen LogP contribution in [0.15, 0.2) is 22.6 Å². The Kier molecular flexibility index (Phi) is 3.04. The lowest BCUT2D eigenvalue weighted by Gasteiger charge is -2.03. The summed E-state index contributed by atoms with van der Waals surface area (Å²) in [5.41, 5.74) is 1.05. The van der Waals surface area contributed by atoms with Gasteiger partial charge in [0.15, 0.2) is 6.29 Å². The highest BCUT2D eigenvalue weighted by atomic mass is 16.6. The minimum atomic E-state index is 0.0727. The molecule has 0 atom stereocenters. The van der Waals surface area contributed by atoms with Gasteiger partial charge in [0.05, 0.1) is 19.8 Å². The van der Waals surface area contributed by atoms with E-state index in [0.29, 0.717) is 23.2 Å². The molecule has 88 valence electrons. The van der Waals surface area contributed by atoms with E-state index in [1.807, 2.05) is 0 Å². The van der Waals surface area contributed by atoms with Gasteiger partial charge in [0.1, 0.15) is 5.75 Å². The Balaban J connectivity index is 2.42. The molecule has 0 aliphatic rings. The van der Waals surface area contributed by atoms with E-state index in [1.165, 1.54) is 14.2 Å². The molecular weight excluding hydrogens is 224 g/mol. The first-order valence-corrected chi connectivity index (χ1v) is 4.79. The zero-order valence-electron chi connectivity index (χ0n) is 9.34. The van der Waals surface area contributed by atoms with E-state index >= 15 is 0 Å². The quantitative estimate of drug-likeness (QED) is 0.747. The fraction of sp³-hybridized carbons (Fsp3) is 0.182. The van der Waals surface area contributed by atoms with E-state index < -0.39 is 0 Å². The van der Waals surface area contributed by atoms with Gasteiger partial charge in [-0.3, -0.25) is 4.79 Å². The summed E-state index contributed by atoms with van der Waals surface area (Å²) in [5.74, 6) is 0.780. The van der Waals surface area contributed by atoms with Crippen LogP contribution < -0.4 is 9.47 Å². The Bertz CT molecular complexity index is 536. The number of aldehydes is 1. The standard InChI is InChI=1S/C11H10N2O4/c1-15-9-4-3-7(5-8(9)6-14)10-12-13-11(16-2)17-10/h3-6H,1-2H3. The van der Waals surface area contributed by atoms with Crippen molar-refractivity contribution in [3.05, 3.63) is 23.8 Å². The third-order valence-corrected chi connectivity index (χ3v) is 2.18. The van der Waals surface area contributed by atoms with Gasteiger partial charge in [-0.1, -0.05) is 5.10 Å². The van der Waals surface area contributed by atoms with E-state index in [1.54, 1.807) is 18.2 Å². The Morgan fingerprint density at radius 2 is 2.06 bits per heavy atom. The van der Waals surface area contributed by atoms with Crippen LogP contribution in [-0.4, -0.2) is 30.7 Å². The number of carbonyl (C=O) groups is 1. The molecule has 0 fully saturated rings. The maximum atomic E-state index is 10.9. The number of hydrogen-bond acceptors (Lipinski definition) is 6. The third-order valence-electron chi connectivity index (χ3n) is 2.18. The summed E-state index contributed by atoms with van der Waals surface area (Å²) in [5, 5.41) is 7.44. The number of hydrogen-bond donors (Lipinski definition) is 0. The first-order chi connectivity index (χ1) is 8.28. The number of methoxy groups -OCH3 is 2. The van der Waals surface area contributed by atoms with Crippen molar-refractivity contribution in [2.75, 3.05) is 14.2 Å². The maximum Gasteiger partial charge on any atom is 0.414 e. The molecular formula is C11H10N2O4. The Labute approximate surface area is 97.2 Å². The highest BCUT2D eigenvalue weighted by molar-refractivity contribution is 5.81. The lowest BCUT2D eigenvalue weighted by atomic mass is 10.1. The van der Waals surface area contributed by atoms with Crippen LogP contribution in [0.2, 0.25) is 0 Å². The smallest absolute Gasteiger partial charge is 0.414 e. The lowest BCUT2D eigenvalue weighted by Crippen LogP contribution is -1.91. The summed E-state index contributed by atoms with van der Waals surface area (Å²) >= 11 is 0. The highest BCUT2D eigenvalue weighted by Gasteiger charge is 2.11. The van der Waals surface area contributed by atoms with Crippen LogP contribution in [0.3, 0.4) is 0 Å². The second-order valence-electron chi connectivity index (χ2n) is 3.15. The fourth-order valence-corrected chi connectivity index (χ4v) is 1.37. The van der Waals surface area contributed by atoms with Crippen LogP contribution in [0, 0.1) is 0 Å².